The number of hydrogen-bond acceptors (Lipinski definition) is 7. The van der Waals surface area contributed by atoms with Crippen molar-refractivity contribution in [1.29, 1.82) is 0 Å². The zero-order chi connectivity index (χ0) is 22.0. The average Bonchev–Trinajstić information content (AvgIpc) is 2.79. The molecule has 1 aliphatic rings. The van der Waals surface area contributed by atoms with Crippen LogP contribution in [0.4, 0.5) is 11.4 Å². The zero-order valence-electron chi connectivity index (χ0n) is 18.3. The lowest BCUT2D eigenvalue weighted by atomic mass is 9.96. The lowest BCUT2D eigenvalue weighted by Gasteiger charge is -2.33. The molecule has 0 spiro atoms. The Kier molecular flexibility index (Phi) is 5.88. The average molecular weight is 422 g/mol. The molecule has 1 aromatic carbocycles. The summed E-state index contributed by atoms with van der Waals surface area (Å²) in [6, 6.07) is 7.37. The number of pyridine rings is 1. The molecule has 8 heteroatoms. The predicted molar refractivity (Wildman–Crippen MR) is 120 cm³/mol. The maximum atomic E-state index is 13.0. The molecule has 1 aliphatic heterocycles. The first kappa shape index (κ1) is 20.8. The molecule has 3 heterocycles. The molecule has 162 valence electrons. The van der Waals surface area contributed by atoms with Crippen LogP contribution in [0.5, 0.6) is 11.5 Å². The van der Waals surface area contributed by atoms with Crippen molar-refractivity contribution in [2.24, 2.45) is 5.92 Å². The number of nitrogens with zero attached hydrogens (tertiary/aromatic N) is 4. The molecule has 0 radical (unpaired) electrons. The van der Waals surface area contributed by atoms with Gasteiger partial charge in [0, 0.05) is 19.2 Å². The maximum absolute atomic E-state index is 13.0. The van der Waals surface area contributed by atoms with Crippen molar-refractivity contribution in [2.45, 2.75) is 26.7 Å². The van der Waals surface area contributed by atoms with E-state index < -0.39 is 0 Å². The molecule has 0 bridgehead atoms. The van der Waals surface area contributed by atoms with Gasteiger partial charge >= 0.3 is 0 Å². The van der Waals surface area contributed by atoms with Gasteiger partial charge in [-0.2, -0.15) is 0 Å². The second-order valence-corrected chi connectivity index (χ2v) is 7.77. The van der Waals surface area contributed by atoms with Crippen LogP contribution in [-0.2, 0) is 4.79 Å². The fraction of sp³-hybridized carbons (Fsp3) is 0.391. The van der Waals surface area contributed by atoms with E-state index in [0.717, 1.165) is 42.0 Å². The van der Waals surface area contributed by atoms with Crippen LogP contribution in [0.2, 0.25) is 0 Å². The second-order valence-electron chi connectivity index (χ2n) is 7.77. The van der Waals surface area contributed by atoms with E-state index in [1.54, 1.807) is 32.4 Å². The lowest BCUT2D eigenvalue weighted by Crippen LogP contribution is -2.40. The summed E-state index contributed by atoms with van der Waals surface area (Å²) in [4.78, 5) is 28.8. The molecule has 1 fully saturated rings. The number of aryl methyl sites for hydroxylation is 2. The van der Waals surface area contributed by atoms with Crippen molar-refractivity contribution in [3.05, 3.63) is 41.9 Å². The van der Waals surface area contributed by atoms with Gasteiger partial charge in [0.15, 0.2) is 5.65 Å². The molecule has 1 N–H and O–H groups in total. The molecule has 0 unspecified atom stereocenters. The molecule has 8 nitrogen and oxygen atoms in total. The smallest absolute Gasteiger partial charge is 0.229 e. The Hall–Kier alpha value is -3.42. The predicted octanol–water partition coefficient (Wildman–Crippen LogP) is 3.51. The number of carbonyl (C=O) groups excluding carboxylic acids is 1. The zero-order valence-corrected chi connectivity index (χ0v) is 18.3. The van der Waals surface area contributed by atoms with E-state index in [-0.39, 0.29) is 11.8 Å². The number of piperidine rings is 1. The van der Waals surface area contributed by atoms with Crippen molar-refractivity contribution in [2.75, 3.05) is 37.5 Å². The Labute approximate surface area is 181 Å². The van der Waals surface area contributed by atoms with Crippen LogP contribution >= 0.6 is 0 Å². The summed E-state index contributed by atoms with van der Waals surface area (Å²) in [5.41, 5.74) is 4.80. The molecule has 1 atom stereocenters. The third-order valence-electron chi connectivity index (χ3n) is 5.74. The maximum Gasteiger partial charge on any atom is 0.229 e. The highest BCUT2D eigenvalue weighted by atomic mass is 16.5. The number of benzene rings is 1. The number of methoxy groups -OCH3 is 2. The van der Waals surface area contributed by atoms with Crippen LogP contribution < -0.4 is 19.7 Å². The Morgan fingerprint density at radius 2 is 1.94 bits per heavy atom. The van der Waals surface area contributed by atoms with Gasteiger partial charge in [0.25, 0.3) is 0 Å². The Bertz CT molecular complexity index is 1120. The summed E-state index contributed by atoms with van der Waals surface area (Å²) in [7, 11) is 3.17. The van der Waals surface area contributed by atoms with E-state index in [2.05, 4.69) is 25.2 Å². The first-order valence-electron chi connectivity index (χ1n) is 10.4. The van der Waals surface area contributed by atoms with Crippen molar-refractivity contribution in [3.8, 4) is 11.5 Å². The number of amides is 1. The normalized spacial score (nSPS) is 16.3. The van der Waals surface area contributed by atoms with Crippen LogP contribution in [0.1, 0.15) is 24.2 Å². The van der Waals surface area contributed by atoms with Crippen LogP contribution in [0, 0.1) is 19.8 Å². The van der Waals surface area contributed by atoms with Gasteiger partial charge in [0.05, 0.1) is 49.1 Å². The molecule has 4 rings (SSSR count). The molecular weight excluding hydrogens is 394 g/mol. The van der Waals surface area contributed by atoms with Crippen LogP contribution in [0.15, 0.2) is 30.5 Å². The number of hydrogen-bond donors (Lipinski definition) is 1. The van der Waals surface area contributed by atoms with Gasteiger partial charge in [0.1, 0.15) is 17.0 Å². The summed E-state index contributed by atoms with van der Waals surface area (Å²) in [5, 5.41) is 3.01. The number of rotatable bonds is 5. The third-order valence-corrected chi connectivity index (χ3v) is 5.74. The SMILES string of the molecule is COc1ccc(NC(=O)[C@H]2CCCN(c3cnc4nc(C)c(C)nc4c3)C2)c(OC)c1. The van der Waals surface area contributed by atoms with Gasteiger partial charge in [-0.15, -0.1) is 0 Å². The molecular formula is C23H27N5O3. The molecule has 1 amide bonds. The second kappa shape index (κ2) is 8.75. The summed E-state index contributed by atoms with van der Waals surface area (Å²) >= 11 is 0. The van der Waals surface area contributed by atoms with Crippen molar-refractivity contribution in [3.63, 3.8) is 0 Å². The topological polar surface area (TPSA) is 89.5 Å². The summed E-state index contributed by atoms with van der Waals surface area (Å²) < 4.78 is 10.6. The monoisotopic (exact) mass is 421 g/mol. The molecule has 31 heavy (non-hydrogen) atoms. The van der Waals surface area contributed by atoms with E-state index >= 15 is 0 Å². The first-order chi connectivity index (χ1) is 15.0. The molecule has 2 aromatic heterocycles. The van der Waals surface area contributed by atoms with E-state index in [1.807, 2.05) is 26.1 Å². The van der Waals surface area contributed by atoms with Gasteiger partial charge in [-0.1, -0.05) is 0 Å². The Morgan fingerprint density at radius 3 is 2.71 bits per heavy atom. The molecule has 1 saturated heterocycles. The van der Waals surface area contributed by atoms with E-state index in [9.17, 15) is 4.79 Å². The molecule has 0 aliphatic carbocycles. The highest BCUT2D eigenvalue weighted by molar-refractivity contribution is 5.94. The van der Waals surface area contributed by atoms with Crippen LogP contribution in [-0.4, -0.2) is 48.2 Å². The van der Waals surface area contributed by atoms with Crippen LogP contribution in [0.25, 0.3) is 11.2 Å². The minimum absolute atomic E-state index is 0.0202. The van der Waals surface area contributed by atoms with E-state index in [0.29, 0.717) is 29.4 Å². The Morgan fingerprint density at radius 1 is 1.13 bits per heavy atom. The van der Waals surface area contributed by atoms with Gasteiger partial charge in [0.2, 0.25) is 5.91 Å². The van der Waals surface area contributed by atoms with Gasteiger partial charge in [-0.25, -0.2) is 15.0 Å². The largest absolute Gasteiger partial charge is 0.497 e. The summed E-state index contributed by atoms with van der Waals surface area (Å²) in [6.07, 6.45) is 3.58. The number of nitrogens with one attached hydrogen (secondary N) is 1. The van der Waals surface area contributed by atoms with E-state index in [4.69, 9.17) is 9.47 Å². The minimum atomic E-state index is -0.137. The standard InChI is InChI=1S/C23H27N5O3/c1-14-15(2)26-22-20(25-14)10-17(12-24-22)28-9-5-6-16(13-28)23(29)27-19-8-7-18(30-3)11-21(19)31-4/h7-8,10-12,16H,5-6,9,13H2,1-4H3,(H,27,29)/t16-/m0/s1. The highest BCUT2D eigenvalue weighted by Gasteiger charge is 2.27. The van der Waals surface area contributed by atoms with Gasteiger partial charge < -0.3 is 19.7 Å². The quantitative estimate of drug-likeness (QED) is 0.674. The van der Waals surface area contributed by atoms with Gasteiger partial charge in [-0.3, -0.25) is 4.79 Å². The lowest BCUT2D eigenvalue weighted by molar-refractivity contribution is -0.120. The number of ether oxygens (including phenoxy) is 2. The molecule has 0 saturated carbocycles. The summed E-state index contributed by atoms with van der Waals surface area (Å²) in [5.74, 6) is 1.09. The highest BCUT2D eigenvalue weighted by Crippen LogP contribution is 2.31. The Balaban J connectivity index is 1.50. The summed E-state index contributed by atoms with van der Waals surface area (Å²) in [6.45, 7) is 5.38. The number of anilines is 2. The first-order valence-corrected chi connectivity index (χ1v) is 10.4. The fourth-order valence-corrected chi connectivity index (χ4v) is 3.84. The third kappa shape index (κ3) is 4.38. The number of carbonyl (C=O) groups is 1. The number of fused-ring (bicyclic) bond motifs is 1. The van der Waals surface area contributed by atoms with Crippen LogP contribution in [0.3, 0.4) is 0 Å². The van der Waals surface area contributed by atoms with E-state index in [1.165, 1.54) is 0 Å². The number of aromatic nitrogens is 3. The fourth-order valence-electron chi connectivity index (χ4n) is 3.84. The van der Waals surface area contributed by atoms with Crippen molar-refractivity contribution < 1.29 is 14.3 Å². The minimum Gasteiger partial charge on any atom is -0.497 e. The van der Waals surface area contributed by atoms with Gasteiger partial charge in [-0.05, 0) is 44.9 Å². The van der Waals surface area contributed by atoms with Crippen molar-refractivity contribution in [1.82, 2.24) is 15.0 Å². The molecule has 3 aromatic rings. The van der Waals surface area contributed by atoms with Crippen molar-refractivity contribution >= 4 is 28.4 Å².